The van der Waals surface area contributed by atoms with Crippen LogP contribution >= 0.6 is 0 Å². The molecule has 0 unspecified atom stereocenters. The summed E-state index contributed by atoms with van der Waals surface area (Å²) in [5, 5.41) is 0. The number of ether oxygens (including phenoxy) is 2. The lowest BCUT2D eigenvalue weighted by molar-refractivity contribution is -0.175. The first-order valence-electron chi connectivity index (χ1n) is 9.99. The number of hydrogen-bond acceptors (Lipinski definition) is 4. The lowest BCUT2D eigenvalue weighted by Gasteiger charge is -2.32. The Kier molecular flexibility index (Phi) is 6.89. The van der Waals surface area contributed by atoms with Gasteiger partial charge in [0.25, 0.3) is 0 Å². The Bertz CT molecular complexity index is 567. The van der Waals surface area contributed by atoms with E-state index >= 15 is 0 Å². The molecule has 2 aliphatic carbocycles. The molecule has 0 bridgehead atoms. The molecule has 0 aromatic heterocycles. The quantitative estimate of drug-likeness (QED) is 0.302. The monoisotopic (exact) mass is 378 g/mol. The maximum atomic E-state index is 13.1. The van der Waals surface area contributed by atoms with E-state index in [2.05, 4.69) is 37.5 Å². The van der Waals surface area contributed by atoms with Crippen molar-refractivity contribution in [3.63, 3.8) is 0 Å². The predicted octanol–water partition coefficient (Wildman–Crippen LogP) is 4.67. The number of allylic oxidation sites excluding steroid dienone is 3. The van der Waals surface area contributed by atoms with E-state index in [-0.39, 0.29) is 25.0 Å². The summed E-state index contributed by atoms with van der Waals surface area (Å²) in [5.74, 6) is -0.738. The third kappa shape index (κ3) is 4.30. The molecule has 2 atom stereocenters. The van der Waals surface area contributed by atoms with E-state index in [0.29, 0.717) is 6.42 Å². The highest BCUT2D eigenvalue weighted by atomic mass is 28.3. The Balaban J connectivity index is 2.59. The third-order valence-electron chi connectivity index (χ3n) is 5.35. The fourth-order valence-corrected chi connectivity index (χ4v) is 5.85. The molecule has 1 fully saturated rings. The lowest BCUT2D eigenvalue weighted by atomic mass is 9.72. The first-order valence-corrected chi connectivity index (χ1v) is 13.6. The van der Waals surface area contributed by atoms with Crippen LogP contribution in [0.5, 0.6) is 0 Å². The molecule has 5 heteroatoms. The molecule has 0 aromatic carbocycles. The molecule has 0 amide bonds. The Labute approximate surface area is 159 Å². The fraction of sp³-hybridized carbons (Fsp3) is 0.714. The van der Waals surface area contributed by atoms with Crippen LogP contribution in [-0.4, -0.2) is 33.2 Å². The average molecular weight is 379 g/mol. The van der Waals surface area contributed by atoms with E-state index in [0.717, 1.165) is 25.7 Å². The van der Waals surface area contributed by atoms with Gasteiger partial charge in [-0.1, -0.05) is 49.5 Å². The van der Waals surface area contributed by atoms with Crippen molar-refractivity contribution in [2.24, 2.45) is 17.3 Å². The highest BCUT2D eigenvalue weighted by Crippen LogP contribution is 2.55. The summed E-state index contributed by atoms with van der Waals surface area (Å²) in [5.41, 5.74) is 2.41. The Hall–Kier alpha value is -1.36. The first-order chi connectivity index (χ1) is 12.3. The predicted molar refractivity (Wildman–Crippen MR) is 106 cm³/mol. The minimum atomic E-state index is -1.50. The Morgan fingerprint density at radius 2 is 1.77 bits per heavy atom. The zero-order chi connectivity index (χ0) is 19.4. The van der Waals surface area contributed by atoms with Crippen molar-refractivity contribution in [1.82, 2.24) is 0 Å². The molecule has 0 aliphatic heterocycles. The van der Waals surface area contributed by atoms with Gasteiger partial charge in [-0.2, -0.15) is 0 Å². The van der Waals surface area contributed by atoms with Gasteiger partial charge in [0, 0.05) is 5.92 Å². The number of esters is 2. The number of rotatable bonds is 5. The van der Waals surface area contributed by atoms with Crippen LogP contribution in [0.25, 0.3) is 0 Å². The van der Waals surface area contributed by atoms with Gasteiger partial charge < -0.3 is 9.47 Å². The second kappa shape index (κ2) is 8.55. The van der Waals surface area contributed by atoms with Crippen LogP contribution < -0.4 is 0 Å². The van der Waals surface area contributed by atoms with Crippen LogP contribution in [0, 0.1) is 17.3 Å². The normalized spacial score (nSPS) is 28.0. The van der Waals surface area contributed by atoms with Crippen LogP contribution in [0.15, 0.2) is 23.4 Å². The van der Waals surface area contributed by atoms with E-state index in [1.165, 1.54) is 5.57 Å². The largest absolute Gasteiger partial charge is 0.465 e. The van der Waals surface area contributed by atoms with Gasteiger partial charge in [-0.05, 0) is 45.4 Å². The smallest absolute Gasteiger partial charge is 0.324 e. The molecule has 0 saturated heterocycles. The summed E-state index contributed by atoms with van der Waals surface area (Å²) in [6, 6.07) is 0. The van der Waals surface area contributed by atoms with Crippen LogP contribution in [-0.2, 0) is 19.1 Å². The van der Waals surface area contributed by atoms with Crippen LogP contribution in [0.1, 0.15) is 46.0 Å². The molecule has 0 N–H and O–H groups in total. The lowest BCUT2D eigenvalue weighted by Crippen LogP contribution is -2.46. The van der Waals surface area contributed by atoms with Gasteiger partial charge in [0.1, 0.15) is 0 Å². The molecule has 2 aliphatic rings. The standard InChI is InChI=1S/C21H34O4Si/c1-6-24-19(22)21(20(23)25-7-2)14-16(15-26(3,4)5)17-12-10-8-9-11-13-18(17)21/h10,12,15,17-18H,6-9,11,13-14H2,1-5H3/b12-10-,16-15+/t17-,18+/m0/s1. The highest BCUT2D eigenvalue weighted by Gasteiger charge is 2.61. The van der Waals surface area contributed by atoms with Crippen molar-refractivity contribution in [1.29, 1.82) is 0 Å². The van der Waals surface area contributed by atoms with Gasteiger partial charge >= 0.3 is 11.9 Å². The van der Waals surface area contributed by atoms with E-state index in [4.69, 9.17) is 9.47 Å². The molecule has 146 valence electrons. The van der Waals surface area contributed by atoms with E-state index in [1.54, 1.807) is 13.8 Å². The number of carbonyl (C=O) groups excluding carboxylic acids is 2. The van der Waals surface area contributed by atoms with Crippen molar-refractivity contribution in [3.05, 3.63) is 23.4 Å². The molecule has 2 rings (SSSR count). The summed E-state index contributed by atoms with van der Waals surface area (Å²) >= 11 is 0. The van der Waals surface area contributed by atoms with Gasteiger partial charge in [0.2, 0.25) is 0 Å². The zero-order valence-electron chi connectivity index (χ0n) is 17.0. The molecule has 0 aromatic rings. The zero-order valence-corrected chi connectivity index (χ0v) is 18.0. The van der Waals surface area contributed by atoms with Gasteiger partial charge in [-0.15, -0.1) is 0 Å². The van der Waals surface area contributed by atoms with E-state index < -0.39 is 25.4 Å². The summed E-state index contributed by atoms with van der Waals surface area (Å²) in [6.45, 7) is 11.0. The Morgan fingerprint density at radius 1 is 1.15 bits per heavy atom. The molecule has 4 nitrogen and oxygen atoms in total. The van der Waals surface area contributed by atoms with Crippen molar-refractivity contribution in [2.45, 2.75) is 65.6 Å². The van der Waals surface area contributed by atoms with E-state index in [9.17, 15) is 9.59 Å². The number of fused-ring (bicyclic) bond motifs is 1. The first kappa shape index (κ1) is 20.9. The van der Waals surface area contributed by atoms with Crippen LogP contribution in [0.4, 0.5) is 0 Å². The minimum Gasteiger partial charge on any atom is -0.465 e. The van der Waals surface area contributed by atoms with E-state index in [1.807, 2.05) is 0 Å². The van der Waals surface area contributed by atoms with Gasteiger partial charge in [-0.3, -0.25) is 9.59 Å². The molecule has 0 heterocycles. The van der Waals surface area contributed by atoms with Gasteiger partial charge in [0.05, 0.1) is 21.3 Å². The maximum Gasteiger partial charge on any atom is 0.324 e. The number of hydrogen-bond donors (Lipinski definition) is 0. The van der Waals surface area contributed by atoms with Gasteiger partial charge in [0.15, 0.2) is 5.41 Å². The SMILES string of the molecule is CCOC(=O)C1(C(=O)OCC)C/C(=C\[Si](C)(C)C)[C@@H]2/C=C\CCCC[C@H]21. The van der Waals surface area contributed by atoms with Crippen molar-refractivity contribution >= 4 is 20.0 Å². The van der Waals surface area contributed by atoms with Gasteiger partial charge in [-0.25, -0.2) is 0 Å². The second-order valence-electron chi connectivity index (χ2n) is 8.52. The molecule has 0 spiro atoms. The van der Waals surface area contributed by atoms with Crippen LogP contribution in [0.2, 0.25) is 19.6 Å². The maximum absolute atomic E-state index is 13.1. The molecule has 0 radical (unpaired) electrons. The van der Waals surface area contributed by atoms with Crippen molar-refractivity contribution in [2.75, 3.05) is 13.2 Å². The molecule has 1 saturated carbocycles. The highest BCUT2D eigenvalue weighted by molar-refractivity contribution is 6.81. The topological polar surface area (TPSA) is 52.6 Å². The second-order valence-corrected chi connectivity index (χ2v) is 13.5. The molecular weight excluding hydrogens is 344 g/mol. The van der Waals surface area contributed by atoms with Crippen molar-refractivity contribution in [3.8, 4) is 0 Å². The average Bonchev–Trinajstić information content (AvgIpc) is 2.79. The van der Waals surface area contributed by atoms with Crippen molar-refractivity contribution < 1.29 is 19.1 Å². The third-order valence-corrected chi connectivity index (χ3v) is 6.59. The summed E-state index contributed by atoms with van der Waals surface area (Å²) < 4.78 is 10.8. The molecular formula is C21H34O4Si. The van der Waals surface area contributed by atoms with Crippen LogP contribution in [0.3, 0.4) is 0 Å². The summed E-state index contributed by atoms with van der Waals surface area (Å²) in [7, 11) is -1.50. The Morgan fingerprint density at radius 3 is 2.31 bits per heavy atom. The fourth-order valence-electron chi connectivity index (χ4n) is 4.44. The summed E-state index contributed by atoms with van der Waals surface area (Å²) in [4.78, 5) is 26.2. The number of carbonyl (C=O) groups is 2. The molecule has 26 heavy (non-hydrogen) atoms. The summed E-state index contributed by atoms with van der Waals surface area (Å²) in [6.07, 6.45) is 8.93. The minimum absolute atomic E-state index is 0.0697.